The van der Waals surface area contributed by atoms with Crippen LogP contribution in [0.2, 0.25) is 5.02 Å². The minimum Gasteiger partial charge on any atom is -0.350 e. The molecule has 1 heterocycles. The summed E-state index contributed by atoms with van der Waals surface area (Å²) in [4.78, 5) is 20.2. The molecular weight excluding hydrogens is 288 g/mol. The van der Waals surface area contributed by atoms with Crippen LogP contribution in [0, 0.1) is 0 Å². The molecular formula is C15H17ClN4O. The molecule has 1 unspecified atom stereocenters. The van der Waals surface area contributed by atoms with E-state index in [0.717, 1.165) is 12.1 Å². The zero-order valence-corrected chi connectivity index (χ0v) is 12.7. The first kappa shape index (κ1) is 15.3. The van der Waals surface area contributed by atoms with Gasteiger partial charge in [0.25, 0.3) is 5.91 Å². The van der Waals surface area contributed by atoms with E-state index in [4.69, 9.17) is 11.6 Å². The van der Waals surface area contributed by atoms with Gasteiger partial charge in [0, 0.05) is 29.1 Å². The van der Waals surface area contributed by atoms with E-state index in [1.807, 2.05) is 26.0 Å². The second-order valence-electron chi connectivity index (χ2n) is 4.71. The van der Waals surface area contributed by atoms with Crippen LogP contribution in [0.5, 0.6) is 0 Å². The minimum absolute atomic E-state index is 0.129. The summed E-state index contributed by atoms with van der Waals surface area (Å²) in [7, 11) is 0. The van der Waals surface area contributed by atoms with Crippen LogP contribution in [0.3, 0.4) is 0 Å². The van der Waals surface area contributed by atoms with Crippen LogP contribution >= 0.6 is 11.6 Å². The Morgan fingerprint density at radius 2 is 1.86 bits per heavy atom. The van der Waals surface area contributed by atoms with Crippen molar-refractivity contribution < 1.29 is 4.79 Å². The second kappa shape index (κ2) is 7.04. The van der Waals surface area contributed by atoms with Crippen LogP contribution in [-0.2, 0) is 0 Å². The number of hydrogen-bond donors (Lipinski definition) is 2. The molecule has 0 fully saturated rings. The van der Waals surface area contributed by atoms with Gasteiger partial charge in [-0.05, 0) is 37.6 Å². The van der Waals surface area contributed by atoms with Crippen LogP contribution in [0.15, 0.2) is 36.7 Å². The van der Waals surface area contributed by atoms with Gasteiger partial charge < -0.3 is 10.6 Å². The van der Waals surface area contributed by atoms with Crippen LogP contribution in [0.4, 0.5) is 11.6 Å². The zero-order valence-electron chi connectivity index (χ0n) is 11.9. The lowest BCUT2D eigenvalue weighted by atomic mass is 10.2. The van der Waals surface area contributed by atoms with Crippen molar-refractivity contribution in [3.05, 3.63) is 47.2 Å². The van der Waals surface area contributed by atoms with Crippen molar-refractivity contribution in [2.75, 3.05) is 5.32 Å². The molecule has 0 aliphatic heterocycles. The van der Waals surface area contributed by atoms with Crippen molar-refractivity contribution in [3.63, 3.8) is 0 Å². The molecule has 110 valence electrons. The van der Waals surface area contributed by atoms with E-state index in [2.05, 4.69) is 20.6 Å². The Bertz CT molecular complexity index is 598. The number of halogens is 1. The Morgan fingerprint density at radius 3 is 2.43 bits per heavy atom. The number of anilines is 2. The van der Waals surface area contributed by atoms with Gasteiger partial charge in [-0.1, -0.05) is 18.5 Å². The average Bonchev–Trinajstić information content (AvgIpc) is 2.50. The van der Waals surface area contributed by atoms with Crippen LogP contribution in [0.1, 0.15) is 30.6 Å². The van der Waals surface area contributed by atoms with E-state index < -0.39 is 0 Å². The molecule has 0 aliphatic carbocycles. The first-order valence-electron chi connectivity index (χ1n) is 6.74. The maximum Gasteiger partial charge on any atom is 0.254 e. The summed E-state index contributed by atoms with van der Waals surface area (Å²) in [5, 5.41) is 6.57. The Hall–Kier alpha value is -2.14. The molecule has 1 aromatic heterocycles. The lowest BCUT2D eigenvalue weighted by Crippen LogP contribution is -2.32. The van der Waals surface area contributed by atoms with Crippen molar-refractivity contribution in [2.45, 2.75) is 26.3 Å². The van der Waals surface area contributed by atoms with Gasteiger partial charge in [0.1, 0.15) is 0 Å². The lowest BCUT2D eigenvalue weighted by molar-refractivity contribution is 0.0938. The molecule has 1 amide bonds. The average molecular weight is 305 g/mol. The molecule has 21 heavy (non-hydrogen) atoms. The maximum atomic E-state index is 11.9. The molecule has 0 bridgehead atoms. The van der Waals surface area contributed by atoms with Gasteiger partial charge in [-0.15, -0.1) is 0 Å². The van der Waals surface area contributed by atoms with Gasteiger partial charge in [0.15, 0.2) is 0 Å². The minimum atomic E-state index is -0.164. The predicted molar refractivity (Wildman–Crippen MR) is 84.0 cm³/mol. The molecule has 2 aromatic rings. The summed E-state index contributed by atoms with van der Waals surface area (Å²) in [6, 6.07) is 7.34. The summed E-state index contributed by atoms with van der Waals surface area (Å²) in [5.74, 6) is 0.264. The van der Waals surface area contributed by atoms with E-state index in [9.17, 15) is 4.79 Å². The van der Waals surface area contributed by atoms with E-state index >= 15 is 0 Å². The molecule has 0 spiro atoms. The van der Waals surface area contributed by atoms with E-state index in [1.54, 1.807) is 12.1 Å². The molecule has 2 rings (SSSR count). The van der Waals surface area contributed by atoms with Crippen molar-refractivity contribution in [3.8, 4) is 0 Å². The molecule has 1 aromatic carbocycles. The highest BCUT2D eigenvalue weighted by molar-refractivity contribution is 6.30. The Morgan fingerprint density at radius 1 is 1.24 bits per heavy atom. The SMILES string of the molecule is CCC(C)NC(=O)c1cnc(Nc2ccc(Cl)cc2)nc1. The summed E-state index contributed by atoms with van der Waals surface area (Å²) >= 11 is 5.82. The highest BCUT2D eigenvalue weighted by Crippen LogP contribution is 2.16. The molecule has 0 aliphatic rings. The first-order chi connectivity index (χ1) is 10.1. The summed E-state index contributed by atoms with van der Waals surface area (Å²) in [5.41, 5.74) is 1.27. The number of nitrogens with zero attached hydrogens (tertiary/aromatic N) is 2. The Kier molecular flexibility index (Phi) is 5.11. The van der Waals surface area contributed by atoms with Crippen LogP contribution in [0.25, 0.3) is 0 Å². The number of carbonyl (C=O) groups is 1. The van der Waals surface area contributed by atoms with Crippen molar-refractivity contribution in [2.24, 2.45) is 0 Å². The van der Waals surface area contributed by atoms with E-state index in [0.29, 0.717) is 16.5 Å². The highest BCUT2D eigenvalue weighted by Gasteiger charge is 2.09. The smallest absolute Gasteiger partial charge is 0.254 e. The molecule has 0 saturated carbocycles. The third-order valence-electron chi connectivity index (χ3n) is 3.00. The van der Waals surface area contributed by atoms with Gasteiger partial charge in [-0.25, -0.2) is 9.97 Å². The predicted octanol–water partition coefficient (Wildman–Crippen LogP) is 3.40. The fourth-order valence-corrected chi connectivity index (χ4v) is 1.71. The normalized spacial score (nSPS) is 11.8. The standard InChI is InChI=1S/C15H17ClN4O/c1-3-10(2)19-14(21)11-8-17-15(18-9-11)20-13-6-4-12(16)5-7-13/h4-10H,3H2,1-2H3,(H,19,21)(H,17,18,20). The van der Waals surface area contributed by atoms with Crippen molar-refractivity contribution >= 4 is 29.1 Å². The number of benzene rings is 1. The van der Waals surface area contributed by atoms with Gasteiger partial charge in [-0.2, -0.15) is 0 Å². The topological polar surface area (TPSA) is 66.9 Å². The maximum absolute atomic E-state index is 11.9. The third-order valence-corrected chi connectivity index (χ3v) is 3.26. The second-order valence-corrected chi connectivity index (χ2v) is 5.15. The molecule has 5 nitrogen and oxygen atoms in total. The quantitative estimate of drug-likeness (QED) is 0.888. The van der Waals surface area contributed by atoms with Gasteiger partial charge in [-0.3, -0.25) is 4.79 Å². The third kappa shape index (κ3) is 4.43. The Balaban J connectivity index is 2.01. The summed E-state index contributed by atoms with van der Waals surface area (Å²) < 4.78 is 0. The van der Waals surface area contributed by atoms with Crippen LogP contribution in [-0.4, -0.2) is 21.9 Å². The highest BCUT2D eigenvalue weighted by atomic mass is 35.5. The van der Waals surface area contributed by atoms with Gasteiger partial charge in [0.05, 0.1) is 5.56 Å². The van der Waals surface area contributed by atoms with Crippen LogP contribution < -0.4 is 10.6 Å². The van der Waals surface area contributed by atoms with Gasteiger partial charge >= 0.3 is 0 Å². The first-order valence-corrected chi connectivity index (χ1v) is 7.11. The summed E-state index contributed by atoms with van der Waals surface area (Å²) in [6.07, 6.45) is 3.88. The number of nitrogens with one attached hydrogen (secondary N) is 2. The molecule has 0 saturated heterocycles. The molecule has 2 N–H and O–H groups in total. The summed E-state index contributed by atoms with van der Waals surface area (Å²) in [6.45, 7) is 3.97. The van der Waals surface area contributed by atoms with Crippen molar-refractivity contribution in [1.82, 2.24) is 15.3 Å². The number of amides is 1. The lowest BCUT2D eigenvalue weighted by Gasteiger charge is -2.11. The largest absolute Gasteiger partial charge is 0.350 e. The number of hydrogen-bond acceptors (Lipinski definition) is 4. The fraction of sp³-hybridized carbons (Fsp3) is 0.267. The molecule has 0 radical (unpaired) electrons. The van der Waals surface area contributed by atoms with E-state index in [1.165, 1.54) is 12.4 Å². The molecule has 6 heteroatoms. The van der Waals surface area contributed by atoms with E-state index in [-0.39, 0.29) is 11.9 Å². The number of carbonyl (C=O) groups excluding carboxylic acids is 1. The fourth-order valence-electron chi connectivity index (χ4n) is 1.58. The zero-order chi connectivity index (χ0) is 15.2. The van der Waals surface area contributed by atoms with Crippen molar-refractivity contribution in [1.29, 1.82) is 0 Å². The monoisotopic (exact) mass is 304 g/mol. The number of rotatable bonds is 5. The Labute approximate surface area is 128 Å². The number of aromatic nitrogens is 2. The van der Waals surface area contributed by atoms with Gasteiger partial charge in [0.2, 0.25) is 5.95 Å². The molecule has 1 atom stereocenters.